The molecular weight excluding hydrogens is 1700 g/mol. The van der Waals surface area contributed by atoms with Crippen LogP contribution in [-0.2, 0) is 118 Å². The summed E-state index contributed by atoms with van der Waals surface area (Å²) in [6, 6.07) is 13.7. The quantitative estimate of drug-likeness (QED) is 0.0155. The van der Waals surface area contributed by atoms with E-state index in [1.165, 1.54) is 60.8 Å². The minimum absolute atomic E-state index is 0. The predicted octanol–water partition coefficient (Wildman–Crippen LogP) is 5.64. The second-order valence-electron chi connectivity index (χ2n) is 26.8. The molecule has 4 atom stereocenters. The van der Waals surface area contributed by atoms with Crippen LogP contribution in [0.4, 0.5) is 5.69 Å². The van der Waals surface area contributed by atoms with Crippen LogP contribution in [0.2, 0.25) is 0 Å². The Bertz CT molecular complexity index is 3850. The van der Waals surface area contributed by atoms with E-state index in [1.54, 1.807) is 39.3 Å². The van der Waals surface area contributed by atoms with Gasteiger partial charge in [0.2, 0.25) is 17.7 Å². The third-order valence-corrected chi connectivity index (χ3v) is 19.5. The number of carbonyl (C=O) groups excluding carboxylic acids is 9. The molecular formula is C77H107LuN10O27P. The Morgan fingerprint density at radius 1 is 0.491 bits per heavy atom. The number of rotatable bonds is 57. The van der Waals surface area contributed by atoms with Crippen LogP contribution >= 0.6 is 7.60 Å². The minimum Gasteiger partial charge on any atom is -0.481 e. The van der Waals surface area contributed by atoms with Gasteiger partial charge in [-0.05, 0) is 63.0 Å². The Kier molecular flexibility index (Phi) is 47.2. The van der Waals surface area contributed by atoms with Crippen LogP contribution < -0.4 is 15.5 Å². The van der Waals surface area contributed by atoms with Crippen molar-refractivity contribution in [2.75, 3.05) is 125 Å². The molecule has 3 aromatic rings. The predicted molar refractivity (Wildman–Crippen MR) is 411 cm³/mol. The molecule has 647 valence electrons. The summed E-state index contributed by atoms with van der Waals surface area (Å²) >= 11 is 0. The van der Waals surface area contributed by atoms with E-state index in [9.17, 15) is 87.1 Å². The van der Waals surface area contributed by atoms with Crippen molar-refractivity contribution >= 4 is 90.1 Å². The zero-order valence-corrected chi connectivity index (χ0v) is 68.0. The Balaban J connectivity index is 0.0000283. The molecule has 0 spiro atoms. The van der Waals surface area contributed by atoms with E-state index in [4.69, 9.17) is 42.8 Å². The summed E-state index contributed by atoms with van der Waals surface area (Å²) < 4.78 is 56.0. The molecule has 0 saturated heterocycles. The number of aryl methyl sites for hydroxylation is 1. The molecule has 39 heteroatoms. The smallest absolute Gasteiger partial charge is 0.328 e. The largest absolute Gasteiger partial charge is 0.481 e. The first-order valence-electron chi connectivity index (χ1n) is 37.9. The third kappa shape index (κ3) is 39.1. The average Bonchev–Trinajstić information content (AvgIpc) is 1.54. The van der Waals surface area contributed by atoms with Crippen molar-refractivity contribution in [3.05, 3.63) is 104 Å². The SMILES string of the molecule is COC(=O)CN1C=CN(CC(=O)OC)/C=C\N(CC(=O)OC)/C=C\N(CC(=O)NCCCn2nnc3c2-c2ccccc2CN(C(=O)CCC(=O)CCCOCCOCCOCCOCCC(=O)CCCCCCC(=O)N[C@H](CCC(=O)C[C@@H](CCCOP(=O)(O)CC(CCC(=O)O)C(=O)O)C(=O)O)C(=O)O)c2ccccc2-3)/C=C\1.[Lu]. The van der Waals surface area contributed by atoms with Crippen LogP contribution in [0.15, 0.2) is 98.1 Å². The molecule has 3 amide bonds. The Labute approximate surface area is 701 Å². The van der Waals surface area contributed by atoms with Crippen LogP contribution in [0.25, 0.3) is 22.5 Å². The van der Waals surface area contributed by atoms with E-state index in [1.807, 2.05) is 48.5 Å². The minimum atomic E-state index is -4.49. The van der Waals surface area contributed by atoms with Crippen molar-refractivity contribution in [3.8, 4) is 22.5 Å². The van der Waals surface area contributed by atoms with Crippen molar-refractivity contribution in [3.63, 3.8) is 0 Å². The summed E-state index contributed by atoms with van der Waals surface area (Å²) in [6.07, 6.45) is 13.0. The number of carboxylic acid groups (broad SMARTS) is 4. The average molecular weight is 1810 g/mol. The van der Waals surface area contributed by atoms with Crippen molar-refractivity contribution in [1.82, 2.24) is 45.2 Å². The summed E-state index contributed by atoms with van der Waals surface area (Å²) in [5.74, 6) is -11.7. The van der Waals surface area contributed by atoms with Gasteiger partial charge in [0.15, 0.2) is 0 Å². The maximum atomic E-state index is 14.2. The second-order valence-corrected chi connectivity index (χ2v) is 28.7. The maximum Gasteiger partial charge on any atom is 0.328 e. The Hall–Kier alpha value is -9.33. The molecule has 2 aromatic carbocycles. The second kappa shape index (κ2) is 55.3. The molecule has 1 aromatic heterocycles. The number of Topliss-reactive ketones (excluding diaryl/α,β-unsaturated/α-hetero) is 3. The molecule has 2 aliphatic rings. The van der Waals surface area contributed by atoms with Gasteiger partial charge in [0.25, 0.3) is 0 Å². The van der Waals surface area contributed by atoms with Gasteiger partial charge in [-0.3, -0.25) is 62.1 Å². The van der Waals surface area contributed by atoms with Crippen LogP contribution in [0.5, 0.6) is 0 Å². The van der Waals surface area contributed by atoms with Gasteiger partial charge in [0, 0.05) is 175 Å². The number of carbonyl (C=O) groups is 13. The van der Waals surface area contributed by atoms with Crippen molar-refractivity contribution in [2.45, 2.75) is 141 Å². The number of hydrogen-bond donors (Lipinski definition) is 7. The van der Waals surface area contributed by atoms with Crippen molar-refractivity contribution < 1.29 is 167 Å². The van der Waals surface area contributed by atoms with E-state index in [0.29, 0.717) is 101 Å². The fraction of sp³-hybridized carbons (Fsp3) is 0.545. The summed E-state index contributed by atoms with van der Waals surface area (Å²) in [4.78, 5) is 179. The van der Waals surface area contributed by atoms with Crippen LogP contribution in [0.1, 0.15) is 128 Å². The molecule has 2 unspecified atom stereocenters. The zero-order chi connectivity index (χ0) is 83.9. The number of anilines is 1. The Morgan fingerprint density at radius 2 is 1.01 bits per heavy atom. The van der Waals surface area contributed by atoms with Gasteiger partial charge in [0.1, 0.15) is 55.3 Å². The first-order valence-corrected chi connectivity index (χ1v) is 39.6. The van der Waals surface area contributed by atoms with Gasteiger partial charge in [0.05, 0.1) is 110 Å². The molecule has 2 aliphatic heterocycles. The number of nitrogens with zero attached hydrogens (tertiary/aromatic N) is 8. The van der Waals surface area contributed by atoms with Crippen LogP contribution in [0, 0.1) is 48.7 Å². The number of aliphatic carboxylic acids is 4. The van der Waals surface area contributed by atoms with Crippen LogP contribution in [-0.4, -0.2) is 262 Å². The molecule has 5 rings (SSSR count). The van der Waals surface area contributed by atoms with E-state index in [2.05, 4.69) is 20.9 Å². The fourth-order valence-electron chi connectivity index (χ4n) is 11.7. The number of aromatic nitrogens is 3. The number of ether oxygens (including phenoxy) is 7. The molecule has 116 heavy (non-hydrogen) atoms. The van der Waals surface area contributed by atoms with Crippen molar-refractivity contribution in [1.29, 1.82) is 0 Å². The number of methoxy groups -OCH3 is 3. The summed E-state index contributed by atoms with van der Waals surface area (Å²) in [6.45, 7) is 1.91. The van der Waals surface area contributed by atoms with E-state index in [-0.39, 0.29) is 177 Å². The number of hydrogen-bond acceptors (Lipinski definition) is 28. The number of benzene rings is 2. The van der Waals surface area contributed by atoms with Gasteiger partial charge in [-0.2, -0.15) is 0 Å². The summed E-state index contributed by atoms with van der Waals surface area (Å²) in [5.41, 5.74) is 4.22. The molecule has 0 bridgehead atoms. The first-order chi connectivity index (χ1) is 55.2. The first kappa shape index (κ1) is 99.0. The Morgan fingerprint density at radius 3 is 1.57 bits per heavy atom. The van der Waals surface area contributed by atoms with Gasteiger partial charge < -0.3 is 98.1 Å². The van der Waals surface area contributed by atoms with Gasteiger partial charge in [-0.15, -0.1) is 5.10 Å². The number of ketones is 3. The number of unbranched alkanes of at least 4 members (excludes halogenated alkanes) is 3. The van der Waals surface area contributed by atoms with Crippen molar-refractivity contribution in [2.24, 2.45) is 11.8 Å². The van der Waals surface area contributed by atoms with Gasteiger partial charge >= 0.3 is 49.4 Å². The van der Waals surface area contributed by atoms with Crippen LogP contribution in [0.3, 0.4) is 0 Å². The number of para-hydroxylation sites is 1. The number of fused-ring (bicyclic) bond motifs is 5. The standard InChI is InChI=1S/C77H107N10O27P.Lu/c1-107-70(96)52-83-34-32-82(33-35-84(53-71(97)108-2)37-39-85(38-36-83)54-72(98)109-3)51-67(92)78-30-14-31-87-74-62-19-9-8-15-57(62)50-86(65-21-11-10-20-63(65)73(74)80-81-87)68(93)27-25-59(88)18-13-40-110-43-45-112-47-48-113-46-44-111-42-29-60(89)17-6-4-5-7-22-66(91)79-64(77(103)104)26-24-61(90)49-56(75(99)100)16-12-41-114-115(105,106)55-58(76(101)102)23-28-69(94)95;/h8-11,15,19-21,32-39,56,58,64H,4-7,12-14,16-18,22-31,40-55H2,1-3H3,(H,78,92)(H,79,91)(H,94,95)(H,99,100)(H,101,102)(H,103,104)(H,105,106);/b34-32-,35-33-,38-36-,39-37?;/t56-,58?,64-;/m1./s1. The molecule has 3 heterocycles. The molecule has 0 fully saturated rings. The molecule has 0 aliphatic carbocycles. The van der Waals surface area contributed by atoms with E-state index < -0.39 is 111 Å². The monoisotopic (exact) mass is 1810 g/mol. The summed E-state index contributed by atoms with van der Waals surface area (Å²) in [7, 11) is -0.735. The molecule has 7 N–H and O–H groups in total. The number of nitrogens with one attached hydrogen (secondary N) is 2. The topological polar surface area (TPSA) is 485 Å². The zero-order valence-electron chi connectivity index (χ0n) is 65.4. The third-order valence-electron chi connectivity index (χ3n) is 18.0. The number of esters is 3. The maximum absolute atomic E-state index is 14.2. The van der Waals surface area contributed by atoms with Gasteiger partial charge in [-0.1, -0.05) is 60.5 Å². The molecule has 0 saturated carbocycles. The summed E-state index contributed by atoms with van der Waals surface area (Å²) in [5, 5.41) is 51.9. The normalized spacial score (nSPS) is 14.6. The van der Waals surface area contributed by atoms with E-state index >= 15 is 0 Å². The molecule has 1 radical (unpaired) electrons. The van der Waals surface area contributed by atoms with Gasteiger partial charge in [-0.25, -0.2) is 9.48 Å². The van der Waals surface area contributed by atoms with E-state index in [0.717, 1.165) is 16.8 Å². The number of amides is 3. The molecule has 37 nitrogen and oxygen atoms in total. The number of carboxylic acids is 4. The fourth-order valence-corrected chi connectivity index (χ4v) is 13.1.